The summed E-state index contributed by atoms with van der Waals surface area (Å²) in [6.07, 6.45) is 1.57. The Morgan fingerprint density at radius 3 is 2.61 bits per heavy atom. The number of aliphatic hydroxyl groups excluding tert-OH is 1. The zero-order valence-electron chi connectivity index (χ0n) is 13.4. The largest absolute Gasteiger partial charge is 0.389 e. The standard InChI is InChI=1S/C19H22N2O.ClH/c1-14-6-5-8-16(12-14)19(18(22)13-20-2)21-11-10-15-7-3-4-9-17(15)21;/h3-12,18-20,22H,13H2,1-2H3;1H/t18-,19+;/m1./s1. The first-order valence-electron chi connectivity index (χ1n) is 7.65. The van der Waals surface area contributed by atoms with Crippen LogP contribution in [-0.4, -0.2) is 29.4 Å². The first kappa shape index (κ1) is 17.5. The van der Waals surface area contributed by atoms with Gasteiger partial charge in [-0.15, -0.1) is 12.4 Å². The van der Waals surface area contributed by atoms with Crippen molar-refractivity contribution in [1.29, 1.82) is 0 Å². The summed E-state index contributed by atoms with van der Waals surface area (Å²) in [6, 6.07) is 18.7. The van der Waals surface area contributed by atoms with Crippen LogP contribution in [0.1, 0.15) is 17.2 Å². The number of likely N-dealkylation sites (N-methyl/N-ethyl adjacent to an activating group) is 1. The molecule has 2 atom stereocenters. The van der Waals surface area contributed by atoms with Gasteiger partial charge in [0.25, 0.3) is 0 Å². The van der Waals surface area contributed by atoms with E-state index in [9.17, 15) is 5.11 Å². The molecule has 0 aliphatic rings. The van der Waals surface area contributed by atoms with Crippen molar-refractivity contribution in [3.8, 4) is 0 Å². The molecule has 0 spiro atoms. The molecule has 122 valence electrons. The Labute approximate surface area is 143 Å². The Bertz CT molecular complexity index is 769. The summed E-state index contributed by atoms with van der Waals surface area (Å²) in [5.74, 6) is 0. The molecule has 0 saturated carbocycles. The number of rotatable bonds is 5. The van der Waals surface area contributed by atoms with E-state index in [0.29, 0.717) is 6.54 Å². The lowest BCUT2D eigenvalue weighted by molar-refractivity contribution is 0.132. The van der Waals surface area contributed by atoms with Gasteiger partial charge in [-0.3, -0.25) is 0 Å². The lowest BCUT2D eigenvalue weighted by Crippen LogP contribution is -2.33. The van der Waals surface area contributed by atoms with Crippen LogP contribution in [0.4, 0.5) is 0 Å². The van der Waals surface area contributed by atoms with E-state index in [-0.39, 0.29) is 18.4 Å². The first-order chi connectivity index (χ1) is 10.7. The van der Waals surface area contributed by atoms with E-state index in [0.717, 1.165) is 11.1 Å². The van der Waals surface area contributed by atoms with E-state index in [1.165, 1.54) is 10.9 Å². The summed E-state index contributed by atoms with van der Waals surface area (Å²) in [6.45, 7) is 2.63. The molecule has 2 aromatic carbocycles. The number of benzene rings is 2. The van der Waals surface area contributed by atoms with E-state index < -0.39 is 6.10 Å². The number of aliphatic hydroxyl groups is 1. The number of hydrogen-bond donors (Lipinski definition) is 2. The Kier molecular flexibility index (Phi) is 5.83. The number of fused-ring (bicyclic) bond motifs is 1. The van der Waals surface area contributed by atoms with Crippen LogP contribution in [0.5, 0.6) is 0 Å². The van der Waals surface area contributed by atoms with Crippen molar-refractivity contribution in [3.05, 3.63) is 71.9 Å². The van der Waals surface area contributed by atoms with E-state index >= 15 is 0 Å². The van der Waals surface area contributed by atoms with Crippen LogP contribution in [-0.2, 0) is 0 Å². The summed E-state index contributed by atoms with van der Waals surface area (Å²) in [5.41, 5.74) is 3.48. The van der Waals surface area contributed by atoms with Gasteiger partial charge in [-0.25, -0.2) is 0 Å². The van der Waals surface area contributed by atoms with Gasteiger partial charge in [0.05, 0.1) is 12.1 Å². The van der Waals surface area contributed by atoms with Gasteiger partial charge in [0.2, 0.25) is 0 Å². The van der Waals surface area contributed by atoms with Gasteiger partial charge < -0.3 is 15.0 Å². The molecule has 1 aromatic heterocycles. The van der Waals surface area contributed by atoms with Crippen molar-refractivity contribution < 1.29 is 5.11 Å². The second-order valence-electron chi connectivity index (χ2n) is 5.77. The van der Waals surface area contributed by atoms with Crippen LogP contribution < -0.4 is 5.32 Å². The number of nitrogens with one attached hydrogen (secondary N) is 1. The molecule has 0 radical (unpaired) electrons. The summed E-state index contributed by atoms with van der Waals surface area (Å²) >= 11 is 0. The zero-order valence-corrected chi connectivity index (χ0v) is 14.3. The Morgan fingerprint density at radius 1 is 1.09 bits per heavy atom. The van der Waals surface area contributed by atoms with Crippen LogP contribution in [0.3, 0.4) is 0 Å². The molecule has 3 rings (SSSR count). The fourth-order valence-electron chi connectivity index (χ4n) is 3.09. The number of halogens is 1. The molecule has 2 N–H and O–H groups in total. The van der Waals surface area contributed by atoms with Crippen molar-refractivity contribution in [3.63, 3.8) is 0 Å². The van der Waals surface area contributed by atoms with E-state index in [1.807, 2.05) is 19.2 Å². The van der Waals surface area contributed by atoms with Crippen LogP contribution in [0, 0.1) is 6.92 Å². The minimum absolute atomic E-state index is 0. The molecule has 0 aliphatic heterocycles. The van der Waals surface area contributed by atoms with Gasteiger partial charge in [0, 0.05) is 18.3 Å². The van der Waals surface area contributed by atoms with Gasteiger partial charge in [-0.1, -0.05) is 48.0 Å². The molecule has 0 saturated heterocycles. The fourth-order valence-corrected chi connectivity index (χ4v) is 3.09. The minimum atomic E-state index is -0.498. The van der Waals surface area contributed by atoms with E-state index in [1.54, 1.807) is 0 Å². The second kappa shape index (κ2) is 7.64. The molecule has 4 heteroatoms. The average molecular weight is 331 g/mol. The molecule has 23 heavy (non-hydrogen) atoms. The summed E-state index contributed by atoms with van der Waals surface area (Å²) in [7, 11) is 1.87. The molecular weight excluding hydrogens is 308 g/mol. The fraction of sp³-hybridized carbons (Fsp3) is 0.263. The van der Waals surface area contributed by atoms with Gasteiger partial charge in [0.1, 0.15) is 0 Å². The SMILES string of the molecule is CNC[C@@H](O)[C@H](c1cccc(C)c1)n1ccc2ccccc21.Cl. The van der Waals surface area contributed by atoms with Crippen molar-refractivity contribution >= 4 is 23.3 Å². The monoisotopic (exact) mass is 330 g/mol. The first-order valence-corrected chi connectivity index (χ1v) is 7.65. The Hall–Kier alpha value is -1.81. The molecule has 0 unspecified atom stereocenters. The maximum absolute atomic E-state index is 10.7. The van der Waals surface area contributed by atoms with Gasteiger partial charge >= 0.3 is 0 Å². The minimum Gasteiger partial charge on any atom is -0.389 e. The Balaban J connectivity index is 0.00000192. The zero-order chi connectivity index (χ0) is 15.5. The maximum atomic E-state index is 10.7. The van der Waals surface area contributed by atoms with Gasteiger partial charge in [0.15, 0.2) is 0 Å². The lowest BCUT2D eigenvalue weighted by atomic mass is 9.99. The average Bonchev–Trinajstić information content (AvgIpc) is 2.92. The predicted octanol–water partition coefficient (Wildman–Crippen LogP) is 3.54. The molecular formula is C19H23ClN2O. The number of nitrogens with zero attached hydrogens (tertiary/aromatic N) is 1. The van der Waals surface area contributed by atoms with Crippen LogP contribution in [0.15, 0.2) is 60.8 Å². The quantitative estimate of drug-likeness (QED) is 0.750. The van der Waals surface area contributed by atoms with Crippen LogP contribution in [0.2, 0.25) is 0 Å². The molecule has 0 bridgehead atoms. The predicted molar refractivity (Wildman–Crippen MR) is 98.4 cm³/mol. The number of aryl methyl sites for hydroxylation is 1. The lowest BCUT2D eigenvalue weighted by Gasteiger charge is -2.26. The number of aromatic nitrogens is 1. The van der Waals surface area contributed by atoms with Crippen molar-refractivity contribution in [2.45, 2.75) is 19.1 Å². The molecule has 0 fully saturated rings. The van der Waals surface area contributed by atoms with Crippen molar-refractivity contribution in [2.75, 3.05) is 13.6 Å². The molecule has 3 nitrogen and oxygen atoms in total. The number of para-hydroxylation sites is 1. The summed E-state index contributed by atoms with van der Waals surface area (Å²) in [4.78, 5) is 0. The van der Waals surface area contributed by atoms with Crippen molar-refractivity contribution in [1.82, 2.24) is 9.88 Å². The van der Waals surface area contributed by atoms with Gasteiger partial charge in [-0.2, -0.15) is 0 Å². The highest BCUT2D eigenvalue weighted by molar-refractivity contribution is 5.85. The highest BCUT2D eigenvalue weighted by Crippen LogP contribution is 2.28. The molecule has 0 amide bonds. The number of hydrogen-bond acceptors (Lipinski definition) is 2. The van der Waals surface area contributed by atoms with E-state index in [2.05, 4.69) is 65.5 Å². The molecule has 3 aromatic rings. The van der Waals surface area contributed by atoms with E-state index in [4.69, 9.17) is 0 Å². The van der Waals surface area contributed by atoms with Crippen molar-refractivity contribution in [2.24, 2.45) is 0 Å². The Morgan fingerprint density at radius 2 is 1.87 bits per heavy atom. The summed E-state index contributed by atoms with van der Waals surface area (Å²) < 4.78 is 2.17. The van der Waals surface area contributed by atoms with Crippen LogP contribution >= 0.6 is 12.4 Å². The van der Waals surface area contributed by atoms with Gasteiger partial charge in [-0.05, 0) is 37.1 Å². The third-order valence-electron chi connectivity index (χ3n) is 4.09. The highest BCUT2D eigenvalue weighted by atomic mass is 35.5. The topological polar surface area (TPSA) is 37.2 Å². The normalized spacial score (nSPS) is 13.5. The third-order valence-corrected chi connectivity index (χ3v) is 4.09. The third kappa shape index (κ3) is 3.58. The summed E-state index contributed by atoms with van der Waals surface area (Å²) in [5, 5.41) is 15.0. The highest BCUT2D eigenvalue weighted by Gasteiger charge is 2.23. The molecule has 1 heterocycles. The second-order valence-corrected chi connectivity index (χ2v) is 5.77. The molecule has 0 aliphatic carbocycles. The smallest absolute Gasteiger partial charge is 0.0912 e. The van der Waals surface area contributed by atoms with Crippen LogP contribution in [0.25, 0.3) is 10.9 Å². The maximum Gasteiger partial charge on any atom is 0.0912 e.